The Hall–Kier alpha value is 0.110. The van der Waals surface area contributed by atoms with Crippen LogP contribution in [0.25, 0.3) is 0 Å². The van der Waals surface area contributed by atoms with Crippen LogP contribution in [0.5, 0.6) is 0 Å². The third-order valence-electron chi connectivity index (χ3n) is 2.89. The molecule has 16 heavy (non-hydrogen) atoms. The standard InChI is InChI=1S/C13H29NOS/c1-4-6-7-8-9-10-13(3)14-11-12-16(15)5-2/h13-14H,4-12H2,1-3H3. The SMILES string of the molecule is CCCCCCCC(C)NCCS(=O)CC. The summed E-state index contributed by atoms with van der Waals surface area (Å²) in [5.74, 6) is 1.59. The van der Waals surface area contributed by atoms with E-state index in [9.17, 15) is 4.21 Å². The number of hydrogen-bond acceptors (Lipinski definition) is 2. The molecule has 0 aliphatic heterocycles. The summed E-state index contributed by atoms with van der Waals surface area (Å²) >= 11 is 0. The van der Waals surface area contributed by atoms with Crippen LogP contribution in [0.2, 0.25) is 0 Å². The molecule has 0 aromatic carbocycles. The molecule has 0 saturated heterocycles. The maximum Gasteiger partial charge on any atom is 0.0360 e. The Morgan fingerprint density at radius 1 is 1.12 bits per heavy atom. The molecule has 98 valence electrons. The first-order valence-corrected chi connectivity index (χ1v) is 8.27. The number of rotatable bonds is 11. The van der Waals surface area contributed by atoms with Gasteiger partial charge in [-0.2, -0.15) is 0 Å². The highest BCUT2D eigenvalue weighted by atomic mass is 32.2. The lowest BCUT2D eigenvalue weighted by Crippen LogP contribution is -2.30. The van der Waals surface area contributed by atoms with Crippen molar-refractivity contribution in [2.75, 3.05) is 18.1 Å². The molecule has 0 aliphatic rings. The first kappa shape index (κ1) is 16.1. The van der Waals surface area contributed by atoms with E-state index in [0.717, 1.165) is 18.1 Å². The molecule has 0 aliphatic carbocycles. The van der Waals surface area contributed by atoms with Crippen LogP contribution < -0.4 is 5.32 Å². The summed E-state index contributed by atoms with van der Waals surface area (Å²) < 4.78 is 11.2. The van der Waals surface area contributed by atoms with Crippen molar-refractivity contribution < 1.29 is 4.21 Å². The predicted octanol–water partition coefficient (Wildman–Crippen LogP) is 3.09. The van der Waals surface area contributed by atoms with Gasteiger partial charge in [0, 0.05) is 34.9 Å². The minimum atomic E-state index is -0.616. The van der Waals surface area contributed by atoms with Gasteiger partial charge in [-0.1, -0.05) is 46.0 Å². The van der Waals surface area contributed by atoms with Crippen LogP contribution in [-0.2, 0) is 10.8 Å². The zero-order chi connectivity index (χ0) is 12.2. The molecule has 0 heterocycles. The third-order valence-corrected chi connectivity index (χ3v) is 4.19. The summed E-state index contributed by atoms with van der Waals surface area (Å²) in [5.41, 5.74) is 0. The first-order valence-electron chi connectivity index (χ1n) is 6.79. The topological polar surface area (TPSA) is 29.1 Å². The van der Waals surface area contributed by atoms with Crippen LogP contribution in [0.15, 0.2) is 0 Å². The van der Waals surface area contributed by atoms with Crippen molar-refractivity contribution in [2.24, 2.45) is 0 Å². The zero-order valence-electron chi connectivity index (χ0n) is 11.3. The van der Waals surface area contributed by atoms with Gasteiger partial charge in [0.2, 0.25) is 0 Å². The predicted molar refractivity (Wildman–Crippen MR) is 74.4 cm³/mol. The molecule has 0 amide bonds. The summed E-state index contributed by atoms with van der Waals surface area (Å²) in [4.78, 5) is 0. The van der Waals surface area contributed by atoms with Crippen molar-refractivity contribution in [1.82, 2.24) is 5.32 Å². The molecule has 2 nitrogen and oxygen atoms in total. The van der Waals surface area contributed by atoms with E-state index in [-0.39, 0.29) is 0 Å². The summed E-state index contributed by atoms with van der Waals surface area (Å²) in [7, 11) is -0.616. The lowest BCUT2D eigenvalue weighted by molar-refractivity contribution is 0.492. The Bertz CT molecular complexity index is 173. The molecule has 0 radical (unpaired) electrons. The molecule has 3 heteroatoms. The maximum absolute atomic E-state index is 11.2. The number of unbranched alkanes of at least 4 members (excludes halogenated alkanes) is 4. The monoisotopic (exact) mass is 247 g/mol. The van der Waals surface area contributed by atoms with Crippen LogP contribution in [0.1, 0.15) is 59.3 Å². The van der Waals surface area contributed by atoms with Crippen molar-refractivity contribution >= 4 is 10.8 Å². The molecule has 0 aromatic heterocycles. The van der Waals surface area contributed by atoms with Gasteiger partial charge < -0.3 is 5.32 Å². The molecule has 0 aromatic rings. The number of hydrogen-bond donors (Lipinski definition) is 1. The molecule has 0 spiro atoms. The Labute approximate surface area is 104 Å². The van der Waals surface area contributed by atoms with Crippen molar-refractivity contribution in [3.05, 3.63) is 0 Å². The van der Waals surface area contributed by atoms with Crippen molar-refractivity contribution in [2.45, 2.75) is 65.3 Å². The van der Waals surface area contributed by atoms with E-state index in [2.05, 4.69) is 19.2 Å². The zero-order valence-corrected chi connectivity index (χ0v) is 12.1. The Morgan fingerprint density at radius 2 is 1.81 bits per heavy atom. The van der Waals surface area contributed by atoms with Gasteiger partial charge >= 0.3 is 0 Å². The Balaban J connectivity index is 3.24. The summed E-state index contributed by atoms with van der Waals surface area (Å²) in [6.45, 7) is 7.36. The second-order valence-electron chi connectivity index (χ2n) is 4.49. The third kappa shape index (κ3) is 10.6. The van der Waals surface area contributed by atoms with Crippen molar-refractivity contribution in [3.8, 4) is 0 Å². The van der Waals surface area contributed by atoms with E-state index in [0.29, 0.717) is 6.04 Å². The molecule has 0 fully saturated rings. The van der Waals surface area contributed by atoms with Crippen LogP contribution in [0, 0.1) is 0 Å². The van der Waals surface area contributed by atoms with Crippen LogP contribution in [0.3, 0.4) is 0 Å². The van der Waals surface area contributed by atoms with Gasteiger partial charge in [0.25, 0.3) is 0 Å². The molecule has 0 bridgehead atoms. The van der Waals surface area contributed by atoms with Gasteiger partial charge in [0.15, 0.2) is 0 Å². The Morgan fingerprint density at radius 3 is 2.44 bits per heavy atom. The van der Waals surface area contributed by atoms with Gasteiger partial charge in [-0.3, -0.25) is 4.21 Å². The lowest BCUT2D eigenvalue weighted by atomic mass is 10.1. The lowest BCUT2D eigenvalue weighted by Gasteiger charge is -2.13. The van der Waals surface area contributed by atoms with E-state index in [1.165, 1.54) is 38.5 Å². The summed E-state index contributed by atoms with van der Waals surface area (Å²) in [6, 6.07) is 0.579. The molecule has 0 rings (SSSR count). The fraction of sp³-hybridized carbons (Fsp3) is 1.00. The maximum atomic E-state index is 11.2. The van der Waals surface area contributed by atoms with Crippen LogP contribution in [0.4, 0.5) is 0 Å². The van der Waals surface area contributed by atoms with Gasteiger partial charge in [0.05, 0.1) is 0 Å². The summed E-state index contributed by atoms with van der Waals surface area (Å²) in [5, 5.41) is 3.45. The second kappa shape index (κ2) is 11.6. The normalized spacial score (nSPS) is 14.9. The average Bonchev–Trinajstić information content (AvgIpc) is 2.28. The van der Waals surface area contributed by atoms with Crippen LogP contribution in [-0.4, -0.2) is 28.3 Å². The molecule has 2 unspecified atom stereocenters. The van der Waals surface area contributed by atoms with E-state index in [4.69, 9.17) is 0 Å². The van der Waals surface area contributed by atoms with Crippen molar-refractivity contribution in [1.29, 1.82) is 0 Å². The molecular formula is C13H29NOS. The highest BCUT2D eigenvalue weighted by Gasteiger charge is 2.01. The van der Waals surface area contributed by atoms with Gasteiger partial charge in [-0.25, -0.2) is 0 Å². The first-order chi connectivity index (χ1) is 7.70. The second-order valence-corrected chi connectivity index (χ2v) is 6.36. The van der Waals surface area contributed by atoms with Gasteiger partial charge in [-0.15, -0.1) is 0 Å². The smallest absolute Gasteiger partial charge is 0.0360 e. The molecule has 2 atom stereocenters. The van der Waals surface area contributed by atoms with Gasteiger partial charge in [0.1, 0.15) is 0 Å². The van der Waals surface area contributed by atoms with Crippen molar-refractivity contribution in [3.63, 3.8) is 0 Å². The minimum Gasteiger partial charge on any atom is -0.313 e. The minimum absolute atomic E-state index is 0.579. The molecule has 1 N–H and O–H groups in total. The van der Waals surface area contributed by atoms with Crippen LogP contribution >= 0.6 is 0 Å². The number of nitrogens with one attached hydrogen (secondary N) is 1. The van der Waals surface area contributed by atoms with E-state index >= 15 is 0 Å². The highest BCUT2D eigenvalue weighted by Crippen LogP contribution is 2.06. The fourth-order valence-corrected chi connectivity index (χ4v) is 2.35. The van der Waals surface area contributed by atoms with E-state index < -0.39 is 10.8 Å². The fourth-order valence-electron chi connectivity index (χ4n) is 1.72. The average molecular weight is 247 g/mol. The molecular weight excluding hydrogens is 218 g/mol. The van der Waals surface area contributed by atoms with E-state index in [1.54, 1.807) is 0 Å². The Kier molecular flexibility index (Phi) is 11.7. The van der Waals surface area contributed by atoms with Gasteiger partial charge in [-0.05, 0) is 13.3 Å². The molecule has 0 saturated carbocycles. The summed E-state index contributed by atoms with van der Waals surface area (Å²) in [6.07, 6.45) is 8.01. The highest BCUT2D eigenvalue weighted by molar-refractivity contribution is 7.84. The van der Waals surface area contributed by atoms with E-state index in [1.807, 2.05) is 6.92 Å². The quantitative estimate of drug-likeness (QED) is 0.568. The largest absolute Gasteiger partial charge is 0.313 e.